The zero-order valence-electron chi connectivity index (χ0n) is 12.8. The van der Waals surface area contributed by atoms with Gasteiger partial charge in [0.1, 0.15) is 0 Å². The summed E-state index contributed by atoms with van der Waals surface area (Å²) in [5.74, 6) is 0. The molecule has 3 heteroatoms. The SMILES string of the molecule is COC[C@H](C)NC1CCN(CCc2ccccc2)CC1. The van der Waals surface area contributed by atoms with Crippen molar-refractivity contribution in [2.75, 3.05) is 33.4 Å². The number of piperidine rings is 1. The van der Waals surface area contributed by atoms with E-state index >= 15 is 0 Å². The summed E-state index contributed by atoms with van der Waals surface area (Å²) in [6, 6.07) is 11.9. The van der Waals surface area contributed by atoms with E-state index in [-0.39, 0.29) is 0 Å². The topological polar surface area (TPSA) is 24.5 Å². The van der Waals surface area contributed by atoms with Crippen LogP contribution in [0.2, 0.25) is 0 Å². The number of nitrogens with one attached hydrogen (secondary N) is 1. The maximum atomic E-state index is 5.18. The van der Waals surface area contributed by atoms with Crippen molar-refractivity contribution in [2.45, 2.75) is 38.3 Å². The Morgan fingerprint density at radius 2 is 1.95 bits per heavy atom. The van der Waals surface area contributed by atoms with Crippen molar-refractivity contribution >= 4 is 0 Å². The Hall–Kier alpha value is -0.900. The van der Waals surface area contributed by atoms with Gasteiger partial charge in [0.15, 0.2) is 0 Å². The molecule has 3 nitrogen and oxygen atoms in total. The summed E-state index contributed by atoms with van der Waals surface area (Å²) in [5, 5.41) is 3.66. The number of nitrogens with zero attached hydrogens (tertiary/aromatic N) is 1. The van der Waals surface area contributed by atoms with Gasteiger partial charge in [-0.3, -0.25) is 0 Å². The van der Waals surface area contributed by atoms with Crippen molar-refractivity contribution in [3.05, 3.63) is 35.9 Å². The molecule has 112 valence electrons. The summed E-state index contributed by atoms with van der Waals surface area (Å²) >= 11 is 0. The highest BCUT2D eigenvalue weighted by Gasteiger charge is 2.19. The minimum atomic E-state index is 0.459. The fraction of sp³-hybridized carbons (Fsp3) is 0.647. The summed E-state index contributed by atoms with van der Waals surface area (Å²) in [4.78, 5) is 2.59. The van der Waals surface area contributed by atoms with Crippen LogP contribution in [0.4, 0.5) is 0 Å². The van der Waals surface area contributed by atoms with Gasteiger partial charge in [-0.2, -0.15) is 0 Å². The molecule has 1 N–H and O–H groups in total. The lowest BCUT2D eigenvalue weighted by Gasteiger charge is -2.33. The highest BCUT2D eigenvalue weighted by Crippen LogP contribution is 2.12. The van der Waals surface area contributed by atoms with Gasteiger partial charge in [0.05, 0.1) is 6.61 Å². The Kier molecular flexibility index (Phi) is 6.51. The zero-order chi connectivity index (χ0) is 14.2. The molecule has 1 aliphatic rings. The molecular formula is C17H28N2O. The van der Waals surface area contributed by atoms with Crippen LogP contribution in [0.25, 0.3) is 0 Å². The van der Waals surface area contributed by atoms with Crippen LogP contribution < -0.4 is 5.32 Å². The van der Waals surface area contributed by atoms with Crippen LogP contribution in [0.1, 0.15) is 25.3 Å². The molecule has 0 aliphatic carbocycles. The van der Waals surface area contributed by atoms with E-state index in [9.17, 15) is 0 Å². The summed E-state index contributed by atoms with van der Waals surface area (Å²) in [7, 11) is 1.77. The van der Waals surface area contributed by atoms with E-state index in [0.717, 1.165) is 6.61 Å². The average Bonchev–Trinajstić information content (AvgIpc) is 2.48. The maximum absolute atomic E-state index is 5.18. The minimum Gasteiger partial charge on any atom is -0.383 e. The van der Waals surface area contributed by atoms with E-state index in [1.54, 1.807) is 7.11 Å². The fourth-order valence-electron chi connectivity index (χ4n) is 2.96. The molecule has 0 aromatic heterocycles. The second-order valence-electron chi connectivity index (χ2n) is 5.87. The minimum absolute atomic E-state index is 0.459. The van der Waals surface area contributed by atoms with Crippen molar-refractivity contribution in [3.63, 3.8) is 0 Å². The molecule has 0 radical (unpaired) electrons. The number of benzene rings is 1. The number of rotatable bonds is 7. The molecule has 1 saturated heterocycles. The first-order chi connectivity index (χ1) is 9.78. The predicted octanol–water partition coefficient (Wildman–Crippen LogP) is 2.32. The second-order valence-corrected chi connectivity index (χ2v) is 5.87. The average molecular weight is 276 g/mol. The lowest BCUT2D eigenvalue weighted by molar-refractivity contribution is 0.147. The molecule has 1 aromatic carbocycles. The second kappa shape index (κ2) is 8.40. The van der Waals surface area contributed by atoms with Crippen molar-refractivity contribution in [1.82, 2.24) is 10.2 Å². The Labute approximate surface area is 123 Å². The molecule has 0 amide bonds. The lowest BCUT2D eigenvalue weighted by Crippen LogP contribution is -2.46. The number of ether oxygens (including phenoxy) is 1. The van der Waals surface area contributed by atoms with E-state index in [1.165, 1.54) is 44.5 Å². The van der Waals surface area contributed by atoms with Gasteiger partial charge in [-0.1, -0.05) is 30.3 Å². The fourth-order valence-corrected chi connectivity index (χ4v) is 2.96. The van der Waals surface area contributed by atoms with Gasteiger partial charge in [-0.25, -0.2) is 0 Å². The molecule has 0 saturated carbocycles. The monoisotopic (exact) mass is 276 g/mol. The van der Waals surface area contributed by atoms with Crippen molar-refractivity contribution in [2.24, 2.45) is 0 Å². The van der Waals surface area contributed by atoms with Crippen LogP contribution >= 0.6 is 0 Å². The van der Waals surface area contributed by atoms with Gasteiger partial charge in [0.2, 0.25) is 0 Å². The van der Waals surface area contributed by atoms with Crippen LogP contribution in [0.5, 0.6) is 0 Å². The number of hydrogen-bond donors (Lipinski definition) is 1. The largest absolute Gasteiger partial charge is 0.383 e. The first-order valence-electron chi connectivity index (χ1n) is 7.79. The van der Waals surface area contributed by atoms with E-state index in [4.69, 9.17) is 4.74 Å². The highest BCUT2D eigenvalue weighted by molar-refractivity contribution is 5.14. The third-order valence-electron chi connectivity index (χ3n) is 4.08. The Bertz CT molecular complexity index is 361. The quantitative estimate of drug-likeness (QED) is 0.827. The smallest absolute Gasteiger partial charge is 0.0613 e. The standard InChI is InChI=1S/C17H28N2O/c1-15(14-20-2)18-17-9-12-19(13-10-17)11-8-16-6-4-3-5-7-16/h3-7,15,17-18H,8-14H2,1-2H3/t15-/m0/s1. The number of hydrogen-bond acceptors (Lipinski definition) is 3. The first-order valence-corrected chi connectivity index (χ1v) is 7.79. The van der Waals surface area contributed by atoms with Gasteiger partial charge in [-0.15, -0.1) is 0 Å². The van der Waals surface area contributed by atoms with E-state index in [0.29, 0.717) is 12.1 Å². The molecule has 1 atom stereocenters. The summed E-state index contributed by atoms with van der Waals surface area (Å²) in [6.07, 6.45) is 3.67. The number of likely N-dealkylation sites (tertiary alicyclic amines) is 1. The van der Waals surface area contributed by atoms with Gasteiger partial charge < -0.3 is 15.0 Å². The first kappa shape index (κ1) is 15.5. The molecule has 0 unspecified atom stereocenters. The zero-order valence-corrected chi connectivity index (χ0v) is 12.8. The third-order valence-corrected chi connectivity index (χ3v) is 4.08. The molecule has 1 aliphatic heterocycles. The molecule has 2 rings (SSSR count). The normalized spacial score (nSPS) is 19.1. The number of methoxy groups -OCH3 is 1. The van der Waals surface area contributed by atoms with Crippen molar-refractivity contribution in [3.8, 4) is 0 Å². The molecule has 0 bridgehead atoms. The van der Waals surface area contributed by atoms with Crippen LogP contribution in [0, 0.1) is 0 Å². The van der Waals surface area contributed by atoms with Crippen LogP contribution in [-0.2, 0) is 11.2 Å². The molecular weight excluding hydrogens is 248 g/mol. The van der Waals surface area contributed by atoms with Gasteiger partial charge >= 0.3 is 0 Å². The Morgan fingerprint density at radius 3 is 2.60 bits per heavy atom. The van der Waals surface area contributed by atoms with Gasteiger partial charge in [-0.05, 0) is 44.8 Å². The summed E-state index contributed by atoms with van der Waals surface area (Å²) < 4.78 is 5.18. The Morgan fingerprint density at radius 1 is 1.25 bits per heavy atom. The van der Waals surface area contributed by atoms with E-state index in [2.05, 4.69) is 47.5 Å². The Balaban J connectivity index is 1.64. The molecule has 1 heterocycles. The predicted molar refractivity (Wildman–Crippen MR) is 84.1 cm³/mol. The third kappa shape index (κ3) is 5.23. The summed E-state index contributed by atoms with van der Waals surface area (Å²) in [6.45, 7) is 6.61. The van der Waals surface area contributed by atoms with Crippen molar-refractivity contribution < 1.29 is 4.74 Å². The highest BCUT2D eigenvalue weighted by atomic mass is 16.5. The van der Waals surface area contributed by atoms with Gasteiger partial charge in [0, 0.05) is 25.7 Å². The van der Waals surface area contributed by atoms with Crippen molar-refractivity contribution in [1.29, 1.82) is 0 Å². The van der Waals surface area contributed by atoms with Crippen LogP contribution in [-0.4, -0.2) is 50.3 Å². The maximum Gasteiger partial charge on any atom is 0.0613 e. The van der Waals surface area contributed by atoms with Crippen LogP contribution in [0.3, 0.4) is 0 Å². The van der Waals surface area contributed by atoms with Crippen LogP contribution in [0.15, 0.2) is 30.3 Å². The molecule has 1 fully saturated rings. The lowest BCUT2D eigenvalue weighted by atomic mass is 10.0. The molecule has 1 aromatic rings. The van der Waals surface area contributed by atoms with E-state index < -0.39 is 0 Å². The van der Waals surface area contributed by atoms with Gasteiger partial charge in [0.25, 0.3) is 0 Å². The van der Waals surface area contributed by atoms with E-state index in [1.807, 2.05) is 0 Å². The molecule has 20 heavy (non-hydrogen) atoms. The summed E-state index contributed by atoms with van der Waals surface area (Å²) in [5.41, 5.74) is 1.45. The molecule has 0 spiro atoms.